The molecule has 4 aromatic rings. The summed E-state index contributed by atoms with van der Waals surface area (Å²) in [6.07, 6.45) is 1.73. The van der Waals surface area contributed by atoms with E-state index in [-0.39, 0.29) is 17.9 Å². The minimum absolute atomic E-state index is 0.0996. The van der Waals surface area contributed by atoms with E-state index >= 15 is 0 Å². The van der Waals surface area contributed by atoms with Gasteiger partial charge in [-0.1, -0.05) is 30.3 Å². The molecule has 28 heavy (non-hydrogen) atoms. The number of carbonyl (C=O) groups is 1. The summed E-state index contributed by atoms with van der Waals surface area (Å²) >= 11 is 1.41. The molecule has 0 atom stereocenters. The molecule has 0 saturated heterocycles. The Hall–Kier alpha value is -3.32. The maximum Gasteiger partial charge on any atom is 0.261 e. The first-order valence-corrected chi connectivity index (χ1v) is 9.71. The molecule has 4 rings (SSSR count). The Balaban J connectivity index is 1.46. The van der Waals surface area contributed by atoms with Crippen LogP contribution in [0.25, 0.3) is 10.9 Å². The number of amides is 1. The molecule has 0 unspecified atom stereocenters. The lowest BCUT2D eigenvalue weighted by molar-refractivity contribution is -0.115. The maximum atomic E-state index is 12.6. The molecule has 2 aromatic heterocycles. The smallest absolute Gasteiger partial charge is 0.261 e. The van der Waals surface area contributed by atoms with Crippen LogP contribution in [0.3, 0.4) is 0 Å². The van der Waals surface area contributed by atoms with Crippen LogP contribution in [0.2, 0.25) is 0 Å². The van der Waals surface area contributed by atoms with E-state index in [9.17, 15) is 9.59 Å². The van der Waals surface area contributed by atoms with E-state index in [1.807, 2.05) is 54.8 Å². The van der Waals surface area contributed by atoms with Gasteiger partial charge in [0, 0.05) is 11.1 Å². The summed E-state index contributed by atoms with van der Waals surface area (Å²) in [7, 11) is 0. The highest BCUT2D eigenvalue weighted by Gasteiger charge is 2.11. The van der Waals surface area contributed by atoms with E-state index in [0.29, 0.717) is 22.5 Å². The number of carbonyl (C=O) groups excluding carboxylic acids is 1. The van der Waals surface area contributed by atoms with Crippen LogP contribution in [0.15, 0.2) is 65.0 Å². The van der Waals surface area contributed by atoms with Crippen molar-refractivity contribution in [1.29, 1.82) is 0 Å². The molecule has 2 heterocycles. The monoisotopic (exact) mass is 390 g/mol. The summed E-state index contributed by atoms with van der Waals surface area (Å²) in [5.41, 5.74) is 3.13. The Bertz CT molecular complexity index is 1210. The Morgan fingerprint density at radius 1 is 1.14 bits per heavy atom. The van der Waals surface area contributed by atoms with Crippen LogP contribution in [0.1, 0.15) is 16.3 Å². The molecule has 2 aromatic carbocycles. The first-order chi connectivity index (χ1) is 13.6. The van der Waals surface area contributed by atoms with Gasteiger partial charge in [0.05, 0.1) is 35.9 Å². The summed E-state index contributed by atoms with van der Waals surface area (Å²) in [6, 6.07) is 14.9. The lowest BCUT2D eigenvalue weighted by Gasteiger charge is -2.07. The lowest BCUT2D eigenvalue weighted by Crippen LogP contribution is -2.21. The summed E-state index contributed by atoms with van der Waals surface area (Å²) < 4.78 is 1.54. The van der Waals surface area contributed by atoms with Crippen LogP contribution in [0.4, 0.5) is 5.69 Å². The fraction of sp³-hybridized carbons (Fsp3) is 0.143. The van der Waals surface area contributed by atoms with E-state index in [1.165, 1.54) is 22.2 Å². The molecule has 1 N–H and O–H groups in total. The number of nitrogens with one attached hydrogen (secondary N) is 1. The predicted octanol–water partition coefficient (Wildman–Crippen LogP) is 3.39. The van der Waals surface area contributed by atoms with Gasteiger partial charge < -0.3 is 5.32 Å². The number of aromatic nitrogens is 3. The van der Waals surface area contributed by atoms with Crippen molar-refractivity contribution >= 4 is 33.8 Å². The van der Waals surface area contributed by atoms with Crippen molar-refractivity contribution in [3.05, 3.63) is 86.9 Å². The fourth-order valence-corrected chi connectivity index (χ4v) is 3.72. The van der Waals surface area contributed by atoms with E-state index < -0.39 is 0 Å². The highest BCUT2D eigenvalue weighted by atomic mass is 32.1. The van der Waals surface area contributed by atoms with Gasteiger partial charge in [-0.05, 0) is 30.7 Å². The number of thiazole rings is 1. The molecule has 0 aliphatic heterocycles. The molecule has 0 bridgehead atoms. The van der Waals surface area contributed by atoms with Gasteiger partial charge in [-0.3, -0.25) is 14.2 Å². The van der Waals surface area contributed by atoms with Crippen molar-refractivity contribution in [2.24, 2.45) is 0 Å². The van der Waals surface area contributed by atoms with Crippen molar-refractivity contribution in [1.82, 2.24) is 14.5 Å². The normalized spacial score (nSPS) is 10.9. The number of nitrogens with zero attached hydrogens (tertiary/aromatic N) is 3. The SMILES string of the molecule is Cc1ccccc1NC(=O)Cc1nc(Cn2cnc3ccccc3c2=O)cs1. The van der Waals surface area contributed by atoms with Crippen LogP contribution >= 0.6 is 11.3 Å². The number of hydrogen-bond acceptors (Lipinski definition) is 5. The van der Waals surface area contributed by atoms with Crippen molar-refractivity contribution in [2.45, 2.75) is 19.9 Å². The first kappa shape index (κ1) is 18.1. The molecular weight excluding hydrogens is 372 g/mol. The average molecular weight is 390 g/mol. The van der Waals surface area contributed by atoms with Gasteiger partial charge in [-0.15, -0.1) is 11.3 Å². The zero-order chi connectivity index (χ0) is 19.5. The van der Waals surface area contributed by atoms with Gasteiger partial charge >= 0.3 is 0 Å². The second kappa shape index (κ2) is 7.74. The molecule has 0 radical (unpaired) electrons. The highest BCUT2D eigenvalue weighted by molar-refractivity contribution is 7.09. The highest BCUT2D eigenvalue weighted by Crippen LogP contribution is 2.16. The number of hydrogen-bond donors (Lipinski definition) is 1. The molecule has 140 valence electrons. The molecule has 0 fully saturated rings. The second-order valence-electron chi connectivity index (χ2n) is 6.47. The van der Waals surface area contributed by atoms with Gasteiger partial charge in [-0.25, -0.2) is 9.97 Å². The molecule has 6 nitrogen and oxygen atoms in total. The van der Waals surface area contributed by atoms with Crippen LogP contribution in [0.5, 0.6) is 0 Å². The fourth-order valence-electron chi connectivity index (χ4n) is 2.94. The van der Waals surface area contributed by atoms with E-state index in [0.717, 1.165) is 16.9 Å². The Kier molecular flexibility index (Phi) is 4.99. The number of para-hydroxylation sites is 2. The number of rotatable bonds is 5. The number of fused-ring (bicyclic) bond motifs is 1. The standard InChI is InChI=1S/C21H18N4O2S/c1-14-6-2-4-8-17(14)24-19(26)10-20-23-15(12-28-20)11-25-13-22-18-9-5-3-7-16(18)21(25)27/h2-9,12-13H,10-11H2,1H3,(H,24,26). The number of benzene rings is 2. The molecule has 0 aliphatic rings. The minimum Gasteiger partial charge on any atom is -0.325 e. The van der Waals surface area contributed by atoms with E-state index in [4.69, 9.17) is 0 Å². The van der Waals surface area contributed by atoms with Gasteiger partial charge in [0.15, 0.2) is 0 Å². The minimum atomic E-state index is -0.111. The third kappa shape index (κ3) is 3.84. The van der Waals surface area contributed by atoms with Gasteiger partial charge in [0.2, 0.25) is 5.91 Å². The molecule has 0 spiro atoms. The number of aryl methyl sites for hydroxylation is 1. The van der Waals surface area contributed by atoms with Crippen molar-refractivity contribution in [3.63, 3.8) is 0 Å². The van der Waals surface area contributed by atoms with Crippen LogP contribution < -0.4 is 10.9 Å². The van der Waals surface area contributed by atoms with Gasteiger partial charge in [0.1, 0.15) is 5.01 Å². The summed E-state index contributed by atoms with van der Waals surface area (Å²) in [5, 5.41) is 6.07. The topological polar surface area (TPSA) is 76.9 Å². The summed E-state index contributed by atoms with van der Waals surface area (Å²) in [5.74, 6) is -0.111. The lowest BCUT2D eigenvalue weighted by atomic mass is 10.2. The number of anilines is 1. The quantitative estimate of drug-likeness (QED) is 0.567. The van der Waals surface area contributed by atoms with Crippen LogP contribution in [-0.4, -0.2) is 20.4 Å². The predicted molar refractivity (Wildman–Crippen MR) is 111 cm³/mol. The maximum absolute atomic E-state index is 12.6. The molecular formula is C21H18N4O2S. The largest absolute Gasteiger partial charge is 0.325 e. The summed E-state index contributed by atoms with van der Waals surface area (Å²) in [4.78, 5) is 33.7. The van der Waals surface area contributed by atoms with Crippen molar-refractivity contribution in [3.8, 4) is 0 Å². The molecule has 0 aliphatic carbocycles. The second-order valence-corrected chi connectivity index (χ2v) is 7.41. The Morgan fingerprint density at radius 3 is 2.79 bits per heavy atom. The van der Waals surface area contributed by atoms with Gasteiger partial charge in [0.25, 0.3) is 5.56 Å². The Labute approximate surface area is 165 Å². The summed E-state index contributed by atoms with van der Waals surface area (Å²) in [6.45, 7) is 2.28. The Morgan fingerprint density at radius 2 is 1.93 bits per heavy atom. The first-order valence-electron chi connectivity index (χ1n) is 8.83. The molecule has 1 amide bonds. The third-order valence-electron chi connectivity index (χ3n) is 4.39. The zero-order valence-electron chi connectivity index (χ0n) is 15.3. The van der Waals surface area contributed by atoms with Crippen LogP contribution in [0, 0.1) is 6.92 Å². The van der Waals surface area contributed by atoms with E-state index in [1.54, 1.807) is 6.07 Å². The van der Waals surface area contributed by atoms with Gasteiger partial charge in [-0.2, -0.15) is 0 Å². The molecule has 0 saturated carbocycles. The zero-order valence-corrected chi connectivity index (χ0v) is 16.1. The van der Waals surface area contributed by atoms with E-state index in [2.05, 4.69) is 15.3 Å². The molecule has 7 heteroatoms. The van der Waals surface area contributed by atoms with Crippen molar-refractivity contribution in [2.75, 3.05) is 5.32 Å². The van der Waals surface area contributed by atoms with Crippen molar-refractivity contribution < 1.29 is 4.79 Å². The van der Waals surface area contributed by atoms with Crippen LogP contribution in [-0.2, 0) is 17.8 Å². The average Bonchev–Trinajstić information content (AvgIpc) is 3.13. The third-order valence-corrected chi connectivity index (χ3v) is 5.29.